The molecule has 1 heterocycles. The Bertz CT molecular complexity index is 1040. The number of benzene rings is 2. The number of carbonyl (C=O) groups is 1. The number of sulfone groups is 1. The van der Waals surface area contributed by atoms with E-state index in [-0.39, 0.29) is 22.5 Å². The molecule has 0 amide bonds. The lowest BCUT2D eigenvalue weighted by Gasteiger charge is -2.15. The van der Waals surface area contributed by atoms with Gasteiger partial charge in [-0.25, -0.2) is 17.6 Å². The normalized spacial score (nSPS) is 16.6. The minimum absolute atomic E-state index is 0.0256. The van der Waals surface area contributed by atoms with E-state index in [4.69, 9.17) is 9.47 Å². The van der Waals surface area contributed by atoms with Crippen LogP contribution in [0.1, 0.15) is 30.9 Å². The van der Waals surface area contributed by atoms with Crippen molar-refractivity contribution in [3.63, 3.8) is 0 Å². The van der Waals surface area contributed by atoms with Crippen LogP contribution >= 0.6 is 0 Å². The molecule has 0 saturated heterocycles. The average Bonchev–Trinajstić information content (AvgIpc) is 2.96. The topological polar surface area (TPSA) is 69.7 Å². The van der Waals surface area contributed by atoms with Crippen LogP contribution in [0.3, 0.4) is 0 Å². The molecular weight excluding hydrogens is 383 g/mol. The number of esters is 1. The molecule has 1 atom stereocenters. The molecule has 7 heteroatoms. The van der Waals surface area contributed by atoms with Gasteiger partial charge in [-0.2, -0.15) is 0 Å². The molecule has 0 fully saturated rings. The van der Waals surface area contributed by atoms with Gasteiger partial charge in [0.2, 0.25) is 0 Å². The number of hydrogen-bond acceptors (Lipinski definition) is 5. The van der Waals surface area contributed by atoms with Crippen LogP contribution < -0.4 is 4.74 Å². The van der Waals surface area contributed by atoms with Gasteiger partial charge in [0.25, 0.3) is 0 Å². The summed E-state index contributed by atoms with van der Waals surface area (Å²) in [6.45, 7) is 3.64. The van der Waals surface area contributed by atoms with Crippen molar-refractivity contribution in [1.29, 1.82) is 0 Å². The third-order valence-corrected chi connectivity index (χ3v) is 5.63. The molecule has 1 aliphatic heterocycles. The predicted molar refractivity (Wildman–Crippen MR) is 104 cm³/mol. The Hall–Kier alpha value is -2.67. The summed E-state index contributed by atoms with van der Waals surface area (Å²) in [4.78, 5) is 12.3. The summed E-state index contributed by atoms with van der Waals surface area (Å²) in [7, 11) is -3.60. The number of hydrogen-bond donors (Lipinski definition) is 0. The average molecular weight is 404 g/mol. The summed E-state index contributed by atoms with van der Waals surface area (Å²) in [5.74, 6) is -0.509. The zero-order valence-electron chi connectivity index (χ0n) is 15.9. The number of rotatable bonds is 6. The minimum Gasteiger partial charge on any atom is -0.456 e. The number of ether oxygens (including phenoxy) is 2. The van der Waals surface area contributed by atoms with Crippen molar-refractivity contribution in [3.8, 4) is 11.5 Å². The second kappa shape index (κ2) is 7.75. The first kappa shape index (κ1) is 20.1. The molecule has 0 spiro atoms. The van der Waals surface area contributed by atoms with Crippen molar-refractivity contribution in [2.45, 2.75) is 37.7 Å². The van der Waals surface area contributed by atoms with Gasteiger partial charge in [-0.1, -0.05) is 13.3 Å². The second-order valence-corrected chi connectivity index (χ2v) is 8.71. The Balaban J connectivity index is 2.09. The maximum absolute atomic E-state index is 13.2. The van der Waals surface area contributed by atoms with E-state index in [0.29, 0.717) is 23.1 Å². The molecule has 0 saturated carbocycles. The lowest BCUT2D eigenvalue weighted by atomic mass is 10.0. The Labute approximate surface area is 163 Å². The Morgan fingerprint density at radius 3 is 2.46 bits per heavy atom. The number of cyclic esters (lactones) is 1. The van der Waals surface area contributed by atoms with Gasteiger partial charge < -0.3 is 9.47 Å². The molecular formula is C21H21FO5S. The molecule has 2 aromatic carbocycles. The van der Waals surface area contributed by atoms with E-state index in [1.807, 2.05) is 6.92 Å². The van der Waals surface area contributed by atoms with Gasteiger partial charge in [0.15, 0.2) is 9.84 Å². The van der Waals surface area contributed by atoms with Crippen LogP contribution in [0.4, 0.5) is 4.39 Å². The Morgan fingerprint density at radius 2 is 1.86 bits per heavy atom. The molecule has 1 aliphatic rings. The van der Waals surface area contributed by atoms with Gasteiger partial charge >= 0.3 is 5.97 Å². The molecule has 1 unspecified atom stereocenters. The third kappa shape index (κ3) is 4.25. The zero-order valence-corrected chi connectivity index (χ0v) is 16.7. The molecule has 0 aromatic heterocycles. The fraction of sp³-hybridized carbons (Fsp3) is 0.286. The first-order chi connectivity index (χ1) is 13.2. The van der Waals surface area contributed by atoms with Crippen molar-refractivity contribution in [1.82, 2.24) is 0 Å². The van der Waals surface area contributed by atoms with Gasteiger partial charge in [-0.15, -0.1) is 0 Å². The number of halogens is 1. The number of carbonyl (C=O) groups excluding carboxylic acids is 1. The van der Waals surface area contributed by atoms with Gasteiger partial charge in [-0.05, 0) is 66.9 Å². The smallest absolute Gasteiger partial charge is 0.339 e. The molecule has 28 heavy (non-hydrogen) atoms. The summed E-state index contributed by atoms with van der Waals surface area (Å²) in [5.41, 5.74) is 1.35. The second-order valence-electron chi connectivity index (χ2n) is 6.76. The standard InChI is InChI=1S/C21H21FO5S/c1-4-5-17-12-18(21(23)27-17)14-10-13(2)20(28(3,24)25)19(11-14)26-16-8-6-15(22)7-9-16/h6-12,17H,4-5H2,1-3H3. The predicted octanol–water partition coefficient (Wildman–Crippen LogP) is 4.44. The van der Waals surface area contributed by atoms with E-state index >= 15 is 0 Å². The SMILES string of the molecule is CCCC1C=C(c2cc(C)c(S(C)(=O)=O)c(Oc3ccc(F)cc3)c2)C(=O)O1. The maximum Gasteiger partial charge on any atom is 0.339 e. The molecule has 0 aliphatic carbocycles. The Kier molecular flexibility index (Phi) is 5.56. The highest BCUT2D eigenvalue weighted by atomic mass is 32.2. The van der Waals surface area contributed by atoms with Crippen molar-refractivity contribution < 1.29 is 27.1 Å². The quantitative estimate of drug-likeness (QED) is 0.666. The molecule has 5 nitrogen and oxygen atoms in total. The Morgan fingerprint density at radius 1 is 1.18 bits per heavy atom. The largest absolute Gasteiger partial charge is 0.456 e. The summed E-state index contributed by atoms with van der Waals surface area (Å²) < 4.78 is 48.9. The van der Waals surface area contributed by atoms with Crippen molar-refractivity contribution in [2.24, 2.45) is 0 Å². The van der Waals surface area contributed by atoms with Crippen LogP contribution in [0, 0.1) is 12.7 Å². The van der Waals surface area contributed by atoms with Crippen molar-refractivity contribution in [3.05, 3.63) is 59.4 Å². The maximum atomic E-state index is 13.2. The lowest BCUT2D eigenvalue weighted by molar-refractivity contribution is -0.137. The fourth-order valence-electron chi connectivity index (χ4n) is 3.21. The first-order valence-corrected chi connectivity index (χ1v) is 10.8. The van der Waals surface area contributed by atoms with Gasteiger partial charge in [0.05, 0.1) is 5.57 Å². The highest BCUT2D eigenvalue weighted by Crippen LogP contribution is 2.36. The van der Waals surface area contributed by atoms with Crippen molar-refractivity contribution in [2.75, 3.05) is 6.26 Å². The molecule has 148 valence electrons. The minimum atomic E-state index is -3.60. The summed E-state index contributed by atoms with van der Waals surface area (Å²) in [6, 6.07) is 8.40. The first-order valence-electron chi connectivity index (χ1n) is 8.90. The highest BCUT2D eigenvalue weighted by Gasteiger charge is 2.28. The van der Waals surface area contributed by atoms with E-state index in [1.165, 1.54) is 30.3 Å². The highest BCUT2D eigenvalue weighted by molar-refractivity contribution is 7.90. The van der Waals surface area contributed by atoms with Gasteiger partial charge in [0, 0.05) is 6.26 Å². The number of aryl methyl sites for hydroxylation is 1. The van der Waals surface area contributed by atoms with E-state index in [9.17, 15) is 17.6 Å². The van der Waals surface area contributed by atoms with Crippen LogP contribution in [-0.2, 0) is 19.4 Å². The molecule has 2 aromatic rings. The van der Waals surface area contributed by atoms with Crippen molar-refractivity contribution >= 4 is 21.4 Å². The lowest BCUT2D eigenvalue weighted by Crippen LogP contribution is -2.08. The van der Waals surface area contributed by atoms with Crippen LogP contribution in [0.25, 0.3) is 5.57 Å². The van der Waals surface area contributed by atoms with E-state index in [0.717, 1.165) is 12.7 Å². The van der Waals surface area contributed by atoms with E-state index in [1.54, 1.807) is 19.1 Å². The van der Waals surface area contributed by atoms with Crippen LogP contribution in [0.2, 0.25) is 0 Å². The van der Waals surface area contributed by atoms with Crippen LogP contribution in [0.5, 0.6) is 11.5 Å². The monoisotopic (exact) mass is 404 g/mol. The van der Waals surface area contributed by atoms with E-state index < -0.39 is 21.6 Å². The van der Waals surface area contributed by atoms with Crippen LogP contribution in [0.15, 0.2) is 47.4 Å². The van der Waals surface area contributed by atoms with E-state index in [2.05, 4.69) is 0 Å². The third-order valence-electron chi connectivity index (χ3n) is 4.37. The molecule has 3 rings (SSSR count). The molecule has 0 radical (unpaired) electrons. The van der Waals surface area contributed by atoms with Gasteiger partial charge in [-0.3, -0.25) is 0 Å². The molecule has 0 bridgehead atoms. The fourth-order valence-corrected chi connectivity index (χ4v) is 4.32. The van der Waals surface area contributed by atoms with Crippen LogP contribution in [-0.4, -0.2) is 26.7 Å². The van der Waals surface area contributed by atoms with Gasteiger partial charge in [0.1, 0.15) is 28.3 Å². The molecule has 0 N–H and O–H groups in total. The summed E-state index contributed by atoms with van der Waals surface area (Å²) in [5, 5.41) is 0. The summed E-state index contributed by atoms with van der Waals surface area (Å²) in [6.07, 6.45) is 4.14. The zero-order chi connectivity index (χ0) is 20.5. The summed E-state index contributed by atoms with van der Waals surface area (Å²) >= 11 is 0.